The third kappa shape index (κ3) is 3.71. The van der Waals surface area contributed by atoms with Crippen LogP contribution in [0.3, 0.4) is 0 Å². The van der Waals surface area contributed by atoms with E-state index in [-0.39, 0.29) is 21.8 Å². The zero-order valence-electron chi connectivity index (χ0n) is 14.9. The van der Waals surface area contributed by atoms with Gasteiger partial charge in [-0.25, -0.2) is 4.79 Å². The molecule has 3 rings (SSSR count). The molecule has 0 bridgehead atoms. The first-order valence-electron chi connectivity index (χ1n) is 8.36. The summed E-state index contributed by atoms with van der Waals surface area (Å²) in [5.74, 6) is 0.0207. The first kappa shape index (κ1) is 18.7. The average molecular weight is 383 g/mol. The highest BCUT2D eigenvalue weighted by Gasteiger charge is 2.18. The molecule has 0 amide bonds. The molecule has 0 fully saturated rings. The van der Waals surface area contributed by atoms with Gasteiger partial charge in [-0.1, -0.05) is 25.5 Å². The van der Waals surface area contributed by atoms with Crippen molar-refractivity contribution >= 4 is 21.1 Å². The molecule has 0 radical (unpaired) electrons. The first-order chi connectivity index (χ1) is 12.9. The minimum absolute atomic E-state index is 0.0207. The number of fused-ring (bicyclic) bond motifs is 1. The predicted molar refractivity (Wildman–Crippen MR) is 100 cm³/mol. The third-order valence-corrected chi connectivity index (χ3v) is 5.47. The van der Waals surface area contributed by atoms with Crippen LogP contribution in [0.25, 0.3) is 11.0 Å². The Labute approximate surface area is 156 Å². The van der Waals surface area contributed by atoms with Gasteiger partial charge in [-0.2, -0.15) is 13.7 Å². The quantitative estimate of drug-likeness (QED) is 0.492. The summed E-state index contributed by atoms with van der Waals surface area (Å²) < 4.78 is 35.3. The molecule has 6 nitrogen and oxygen atoms in total. The Morgan fingerprint density at radius 2 is 1.85 bits per heavy atom. The SMILES string of the molecule is CCCc1ccc(S(=O)(=O)Oc2ccc3c(C)c(C#N)c(=O)oc3c2)cc1. The fraction of sp³-hybridized carbons (Fsp3) is 0.200. The molecule has 0 aliphatic rings. The van der Waals surface area contributed by atoms with E-state index in [4.69, 9.17) is 13.9 Å². The van der Waals surface area contributed by atoms with Crippen LogP contribution in [-0.2, 0) is 16.5 Å². The summed E-state index contributed by atoms with van der Waals surface area (Å²) in [5, 5.41) is 9.57. The molecule has 0 unspecified atom stereocenters. The molecule has 7 heteroatoms. The smallest absolute Gasteiger partial charge is 0.354 e. The molecule has 0 saturated heterocycles. The summed E-state index contributed by atoms with van der Waals surface area (Å²) in [6.07, 6.45) is 1.84. The zero-order chi connectivity index (χ0) is 19.6. The van der Waals surface area contributed by atoms with Crippen LogP contribution < -0.4 is 9.81 Å². The van der Waals surface area contributed by atoms with Crippen molar-refractivity contribution in [2.75, 3.05) is 0 Å². The van der Waals surface area contributed by atoms with Crippen LogP contribution in [0.1, 0.15) is 30.0 Å². The second-order valence-corrected chi connectivity index (χ2v) is 7.64. The van der Waals surface area contributed by atoms with E-state index in [1.54, 1.807) is 25.1 Å². The first-order valence-corrected chi connectivity index (χ1v) is 9.77. The van der Waals surface area contributed by atoms with E-state index in [1.807, 2.05) is 13.0 Å². The highest BCUT2D eigenvalue weighted by Crippen LogP contribution is 2.26. The van der Waals surface area contributed by atoms with Gasteiger partial charge in [0.15, 0.2) is 0 Å². The summed E-state index contributed by atoms with van der Waals surface area (Å²) >= 11 is 0. The number of nitriles is 1. The lowest BCUT2D eigenvalue weighted by Gasteiger charge is -2.09. The van der Waals surface area contributed by atoms with Crippen molar-refractivity contribution in [2.45, 2.75) is 31.6 Å². The van der Waals surface area contributed by atoms with Gasteiger partial charge in [0, 0.05) is 11.5 Å². The standard InChI is InChI=1S/C20H17NO5S/c1-3-4-14-5-8-16(9-6-14)27(23,24)26-15-7-10-17-13(2)18(12-21)20(22)25-19(17)11-15/h5-11H,3-4H2,1-2H3. The Balaban J connectivity index is 1.96. The second kappa shape index (κ2) is 7.25. The van der Waals surface area contributed by atoms with Gasteiger partial charge >= 0.3 is 15.7 Å². The molecular formula is C20H17NO5S. The maximum absolute atomic E-state index is 12.5. The van der Waals surface area contributed by atoms with E-state index in [0.29, 0.717) is 10.9 Å². The third-order valence-electron chi connectivity index (χ3n) is 4.21. The largest absolute Gasteiger partial charge is 0.422 e. The molecule has 0 N–H and O–H groups in total. The highest BCUT2D eigenvalue weighted by molar-refractivity contribution is 7.87. The molecule has 2 aromatic carbocycles. The second-order valence-electron chi connectivity index (χ2n) is 6.09. The van der Waals surface area contributed by atoms with Gasteiger partial charge in [-0.3, -0.25) is 0 Å². The Hall–Kier alpha value is -3.11. The highest BCUT2D eigenvalue weighted by atomic mass is 32.2. The summed E-state index contributed by atoms with van der Waals surface area (Å²) in [6.45, 7) is 3.68. The maximum Gasteiger partial charge on any atom is 0.354 e. The molecule has 0 saturated carbocycles. The van der Waals surface area contributed by atoms with E-state index in [1.165, 1.54) is 24.3 Å². The van der Waals surface area contributed by atoms with Crippen molar-refractivity contribution in [1.82, 2.24) is 0 Å². The minimum atomic E-state index is -4.02. The monoisotopic (exact) mass is 383 g/mol. The van der Waals surface area contributed by atoms with Crippen LogP contribution in [0.2, 0.25) is 0 Å². The molecule has 0 spiro atoms. The number of aryl methyl sites for hydroxylation is 2. The minimum Gasteiger partial charge on any atom is -0.422 e. The molecular weight excluding hydrogens is 366 g/mol. The van der Waals surface area contributed by atoms with Crippen molar-refractivity contribution in [3.63, 3.8) is 0 Å². The number of nitrogens with zero attached hydrogens (tertiary/aromatic N) is 1. The summed E-state index contributed by atoms with van der Waals surface area (Å²) in [7, 11) is -4.02. The van der Waals surface area contributed by atoms with Crippen molar-refractivity contribution in [3.8, 4) is 11.8 Å². The molecule has 1 heterocycles. The van der Waals surface area contributed by atoms with Gasteiger partial charge < -0.3 is 8.60 Å². The lowest BCUT2D eigenvalue weighted by molar-refractivity contribution is 0.485. The topological polar surface area (TPSA) is 97.4 Å². The lowest BCUT2D eigenvalue weighted by Crippen LogP contribution is -2.10. The van der Waals surface area contributed by atoms with Crippen LogP contribution in [0, 0.1) is 18.3 Å². The number of hydrogen-bond acceptors (Lipinski definition) is 6. The fourth-order valence-electron chi connectivity index (χ4n) is 2.80. The predicted octanol–water partition coefficient (Wildman–Crippen LogP) is 3.69. The molecule has 0 aliphatic heterocycles. The van der Waals surface area contributed by atoms with Gasteiger partial charge in [-0.15, -0.1) is 0 Å². The molecule has 0 atom stereocenters. The van der Waals surface area contributed by atoms with Gasteiger partial charge in [-0.05, 0) is 48.7 Å². The molecule has 138 valence electrons. The van der Waals surface area contributed by atoms with Gasteiger partial charge in [0.1, 0.15) is 27.9 Å². The van der Waals surface area contributed by atoms with E-state index < -0.39 is 15.7 Å². The van der Waals surface area contributed by atoms with Crippen LogP contribution in [0.5, 0.6) is 5.75 Å². The summed E-state index contributed by atoms with van der Waals surface area (Å²) in [4.78, 5) is 11.9. The van der Waals surface area contributed by atoms with Crippen molar-refractivity contribution in [1.29, 1.82) is 5.26 Å². The Morgan fingerprint density at radius 1 is 1.15 bits per heavy atom. The fourth-order valence-corrected chi connectivity index (χ4v) is 3.73. The van der Waals surface area contributed by atoms with Crippen molar-refractivity contribution in [3.05, 3.63) is 69.6 Å². The Morgan fingerprint density at radius 3 is 2.48 bits per heavy atom. The van der Waals surface area contributed by atoms with E-state index in [2.05, 4.69) is 0 Å². The van der Waals surface area contributed by atoms with E-state index in [0.717, 1.165) is 18.4 Å². The van der Waals surface area contributed by atoms with Crippen molar-refractivity contribution in [2.24, 2.45) is 0 Å². The number of benzene rings is 2. The van der Waals surface area contributed by atoms with Crippen LogP contribution in [0.15, 0.2) is 56.6 Å². The average Bonchev–Trinajstić information content (AvgIpc) is 2.62. The van der Waals surface area contributed by atoms with Crippen LogP contribution >= 0.6 is 0 Å². The Kier molecular flexibility index (Phi) is 5.02. The van der Waals surface area contributed by atoms with Crippen molar-refractivity contribution < 1.29 is 17.0 Å². The zero-order valence-corrected chi connectivity index (χ0v) is 15.7. The molecule has 3 aromatic rings. The van der Waals surface area contributed by atoms with Gasteiger partial charge in [0.2, 0.25) is 0 Å². The van der Waals surface area contributed by atoms with Crippen LogP contribution in [0.4, 0.5) is 0 Å². The summed E-state index contributed by atoms with van der Waals surface area (Å²) in [6, 6.07) is 12.7. The molecule has 0 aliphatic carbocycles. The Bertz CT molecular complexity index is 1200. The molecule has 1 aromatic heterocycles. The number of rotatable bonds is 5. The van der Waals surface area contributed by atoms with E-state index >= 15 is 0 Å². The van der Waals surface area contributed by atoms with E-state index in [9.17, 15) is 13.2 Å². The maximum atomic E-state index is 12.5. The lowest BCUT2D eigenvalue weighted by atomic mass is 10.1. The van der Waals surface area contributed by atoms with Crippen LogP contribution in [-0.4, -0.2) is 8.42 Å². The number of hydrogen-bond donors (Lipinski definition) is 0. The molecule has 27 heavy (non-hydrogen) atoms. The van der Waals surface area contributed by atoms with Gasteiger partial charge in [0.25, 0.3) is 0 Å². The normalized spacial score (nSPS) is 11.3. The van der Waals surface area contributed by atoms with Gasteiger partial charge in [0.05, 0.1) is 0 Å². The summed E-state index contributed by atoms with van der Waals surface area (Å²) in [5.41, 5.74) is 0.838.